The van der Waals surface area contributed by atoms with Gasteiger partial charge < -0.3 is 15.4 Å². The molecule has 2 N–H and O–H groups in total. The molecule has 0 bridgehead atoms. The number of guanidine groups is 1. The molecule has 0 unspecified atom stereocenters. The molecule has 0 spiro atoms. The van der Waals surface area contributed by atoms with Crippen LogP contribution in [0.15, 0.2) is 35.6 Å². The van der Waals surface area contributed by atoms with Crippen LogP contribution < -0.4 is 15.4 Å². The summed E-state index contributed by atoms with van der Waals surface area (Å²) >= 11 is 0. The average Bonchev–Trinajstić information content (AvgIpc) is 3.03. The average molecular weight is 472 g/mol. The first-order valence-electron chi connectivity index (χ1n) is 8.80. The summed E-state index contributed by atoms with van der Waals surface area (Å²) in [5.41, 5.74) is 2.08. The number of unbranched alkanes of at least 4 members (excludes halogenated alkanes) is 1. The Hall–Kier alpha value is -1.84. The van der Waals surface area contributed by atoms with Gasteiger partial charge in [-0.2, -0.15) is 5.10 Å². The molecule has 0 radical (unpaired) electrons. The molecule has 0 saturated heterocycles. The largest absolute Gasteiger partial charge is 0.477 e. The van der Waals surface area contributed by atoms with Crippen LogP contribution in [0.1, 0.15) is 37.9 Å². The quantitative estimate of drug-likeness (QED) is 0.254. The molecule has 0 aliphatic carbocycles. The topological polar surface area (TPSA) is 76.4 Å². The van der Waals surface area contributed by atoms with E-state index in [1.165, 1.54) is 0 Å². The third-order valence-corrected chi connectivity index (χ3v) is 3.70. The second-order valence-electron chi connectivity index (χ2n) is 5.66. The highest BCUT2D eigenvalue weighted by Crippen LogP contribution is 2.15. The van der Waals surface area contributed by atoms with Gasteiger partial charge in [-0.3, -0.25) is 4.68 Å². The first-order chi connectivity index (χ1) is 12.2. The zero-order valence-electron chi connectivity index (χ0n) is 15.7. The lowest BCUT2D eigenvalue weighted by atomic mass is 10.2. The Morgan fingerprint density at radius 3 is 2.77 bits per heavy atom. The normalized spacial score (nSPS) is 11.0. The Balaban J connectivity index is 0.00000338. The molecule has 0 amide bonds. The summed E-state index contributed by atoms with van der Waals surface area (Å²) in [6, 6.07) is 5.90. The predicted octanol–water partition coefficient (Wildman–Crippen LogP) is 2.87. The summed E-state index contributed by atoms with van der Waals surface area (Å²) in [6.07, 6.45) is 5.66. The summed E-state index contributed by atoms with van der Waals surface area (Å²) < 4.78 is 7.62. The van der Waals surface area contributed by atoms with Crippen molar-refractivity contribution in [2.75, 3.05) is 13.2 Å². The molecule has 0 aromatic carbocycles. The zero-order chi connectivity index (χ0) is 17.9. The standard InChI is InChI=1S/C18H28N6O.HI/c1-4-6-12-25-17-15(8-7-10-20-17)13-21-18(19-5-2)22-14-16-9-11-23-24(16)3;/h7-11H,4-6,12-14H2,1-3H3,(H2,19,21,22);1H. The molecule has 8 heteroatoms. The highest BCUT2D eigenvalue weighted by Gasteiger charge is 2.06. The fourth-order valence-corrected chi connectivity index (χ4v) is 2.24. The Bertz CT molecular complexity index is 673. The number of pyridine rings is 1. The molecule has 26 heavy (non-hydrogen) atoms. The van der Waals surface area contributed by atoms with Crippen molar-refractivity contribution in [1.82, 2.24) is 25.4 Å². The van der Waals surface area contributed by atoms with Gasteiger partial charge in [0.2, 0.25) is 5.88 Å². The van der Waals surface area contributed by atoms with Crippen molar-refractivity contribution < 1.29 is 4.74 Å². The lowest BCUT2D eigenvalue weighted by Gasteiger charge is -2.12. The molecule has 0 aliphatic rings. The summed E-state index contributed by atoms with van der Waals surface area (Å²) in [5.74, 6) is 1.43. The fourth-order valence-electron chi connectivity index (χ4n) is 2.24. The fraction of sp³-hybridized carbons (Fsp3) is 0.500. The third-order valence-electron chi connectivity index (χ3n) is 3.70. The van der Waals surface area contributed by atoms with Gasteiger partial charge in [-0.1, -0.05) is 19.4 Å². The monoisotopic (exact) mass is 472 g/mol. The van der Waals surface area contributed by atoms with E-state index in [0.717, 1.165) is 36.6 Å². The van der Waals surface area contributed by atoms with Crippen molar-refractivity contribution in [3.05, 3.63) is 41.9 Å². The summed E-state index contributed by atoms with van der Waals surface area (Å²) in [5, 5.41) is 10.8. The van der Waals surface area contributed by atoms with Gasteiger partial charge in [-0.25, -0.2) is 9.98 Å². The van der Waals surface area contributed by atoms with Gasteiger partial charge in [0.1, 0.15) is 0 Å². The van der Waals surface area contributed by atoms with E-state index >= 15 is 0 Å². The van der Waals surface area contributed by atoms with Gasteiger partial charge in [-0.05, 0) is 25.5 Å². The Kier molecular flexibility index (Phi) is 10.7. The number of hydrogen-bond donors (Lipinski definition) is 2. The van der Waals surface area contributed by atoms with E-state index in [4.69, 9.17) is 4.74 Å². The number of hydrogen-bond acceptors (Lipinski definition) is 4. The molecule has 0 fully saturated rings. The molecular formula is C18H29IN6O. The number of ether oxygens (including phenoxy) is 1. The van der Waals surface area contributed by atoms with Crippen LogP contribution in [0, 0.1) is 0 Å². The molecular weight excluding hydrogens is 443 g/mol. The molecule has 144 valence electrons. The smallest absolute Gasteiger partial charge is 0.218 e. The molecule has 0 atom stereocenters. The Morgan fingerprint density at radius 2 is 2.08 bits per heavy atom. The van der Waals surface area contributed by atoms with Crippen LogP contribution in [0.3, 0.4) is 0 Å². The van der Waals surface area contributed by atoms with Gasteiger partial charge >= 0.3 is 0 Å². The van der Waals surface area contributed by atoms with Crippen LogP contribution >= 0.6 is 24.0 Å². The van der Waals surface area contributed by atoms with Crippen LogP contribution in [0.5, 0.6) is 5.88 Å². The minimum atomic E-state index is 0. The SMILES string of the molecule is CCCCOc1ncccc1CN=C(NCC)NCc1ccnn1C.I. The van der Waals surface area contributed by atoms with Crippen molar-refractivity contribution >= 4 is 29.9 Å². The Labute approximate surface area is 172 Å². The van der Waals surface area contributed by atoms with Crippen LogP contribution in [0.4, 0.5) is 0 Å². The van der Waals surface area contributed by atoms with Gasteiger partial charge in [0.05, 0.1) is 25.4 Å². The van der Waals surface area contributed by atoms with E-state index in [2.05, 4.69) is 32.6 Å². The lowest BCUT2D eigenvalue weighted by Crippen LogP contribution is -2.37. The molecule has 7 nitrogen and oxygen atoms in total. The van der Waals surface area contributed by atoms with Crippen LogP contribution in [-0.2, 0) is 20.1 Å². The van der Waals surface area contributed by atoms with Gasteiger partial charge in [0.15, 0.2) is 5.96 Å². The van der Waals surface area contributed by atoms with Crippen molar-refractivity contribution in [3.8, 4) is 5.88 Å². The van der Waals surface area contributed by atoms with Crippen molar-refractivity contribution in [2.45, 2.75) is 39.8 Å². The van der Waals surface area contributed by atoms with E-state index < -0.39 is 0 Å². The lowest BCUT2D eigenvalue weighted by molar-refractivity contribution is 0.294. The maximum absolute atomic E-state index is 5.77. The summed E-state index contributed by atoms with van der Waals surface area (Å²) in [4.78, 5) is 8.98. The molecule has 2 rings (SSSR count). The van der Waals surface area contributed by atoms with Crippen molar-refractivity contribution in [1.29, 1.82) is 0 Å². The van der Waals surface area contributed by atoms with Crippen molar-refractivity contribution in [2.24, 2.45) is 12.0 Å². The summed E-state index contributed by atoms with van der Waals surface area (Å²) in [7, 11) is 1.93. The number of rotatable bonds is 9. The number of nitrogens with zero attached hydrogens (tertiary/aromatic N) is 4. The number of aryl methyl sites for hydroxylation is 1. The molecule has 2 heterocycles. The third kappa shape index (κ3) is 7.19. The molecule has 0 saturated carbocycles. The van der Waals surface area contributed by atoms with Gasteiger partial charge in [0.25, 0.3) is 0 Å². The number of halogens is 1. The zero-order valence-corrected chi connectivity index (χ0v) is 18.1. The highest BCUT2D eigenvalue weighted by atomic mass is 127. The van der Waals surface area contributed by atoms with E-state index in [-0.39, 0.29) is 24.0 Å². The molecule has 2 aromatic heterocycles. The molecule has 0 aliphatic heterocycles. The van der Waals surface area contributed by atoms with Crippen LogP contribution in [-0.4, -0.2) is 33.9 Å². The van der Waals surface area contributed by atoms with E-state index in [0.29, 0.717) is 25.6 Å². The van der Waals surface area contributed by atoms with Crippen LogP contribution in [0.25, 0.3) is 0 Å². The first kappa shape index (κ1) is 22.2. The number of nitrogens with one attached hydrogen (secondary N) is 2. The van der Waals surface area contributed by atoms with E-state index in [1.807, 2.05) is 36.9 Å². The predicted molar refractivity (Wildman–Crippen MR) is 115 cm³/mol. The Morgan fingerprint density at radius 1 is 1.23 bits per heavy atom. The minimum Gasteiger partial charge on any atom is -0.477 e. The minimum absolute atomic E-state index is 0. The van der Waals surface area contributed by atoms with Crippen molar-refractivity contribution in [3.63, 3.8) is 0 Å². The highest BCUT2D eigenvalue weighted by molar-refractivity contribution is 14.0. The number of aliphatic imine (C=N–C) groups is 1. The van der Waals surface area contributed by atoms with Gasteiger partial charge in [-0.15, -0.1) is 24.0 Å². The van der Waals surface area contributed by atoms with Gasteiger partial charge in [0, 0.05) is 31.5 Å². The van der Waals surface area contributed by atoms with E-state index in [1.54, 1.807) is 12.4 Å². The second kappa shape index (κ2) is 12.5. The second-order valence-corrected chi connectivity index (χ2v) is 5.66. The molecule has 2 aromatic rings. The maximum atomic E-state index is 5.77. The number of aromatic nitrogens is 3. The summed E-state index contributed by atoms with van der Waals surface area (Å²) in [6.45, 7) is 6.84. The van der Waals surface area contributed by atoms with Crippen LogP contribution in [0.2, 0.25) is 0 Å². The maximum Gasteiger partial charge on any atom is 0.218 e. The first-order valence-corrected chi connectivity index (χ1v) is 8.80. The van der Waals surface area contributed by atoms with E-state index in [9.17, 15) is 0 Å².